The molecular formula is C21H24N2O3. The molecule has 2 aromatic carbocycles. The number of nitrogens with one attached hydrogen (secondary N) is 2. The summed E-state index contributed by atoms with van der Waals surface area (Å²) in [7, 11) is 0. The van der Waals surface area contributed by atoms with Crippen LogP contribution in [0.3, 0.4) is 0 Å². The minimum atomic E-state index is -0.0188. The van der Waals surface area contributed by atoms with Crippen molar-refractivity contribution in [1.82, 2.24) is 5.32 Å². The number of hydrogen-bond donors (Lipinski definition) is 2. The van der Waals surface area contributed by atoms with E-state index < -0.39 is 0 Å². The molecule has 0 bridgehead atoms. The standard InChI is InChI=1S/C21H24N2O3/c24-21(16-17-10-12-22-13-11-17)23-19-8-4-5-9-20(19)26-15-14-25-18-6-2-1-3-7-18/h1-10,22H,11-16H2,(H,23,24). The molecule has 0 atom stereocenters. The second kappa shape index (κ2) is 9.63. The van der Waals surface area contributed by atoms with Crippen LogP contribution in [0.2, 0.25) is 0 Å². The van der Waals surface area contributed by atoms with E-state index >= 15 is 0 Å². The van der Waals surface area contributed by atoms with Crippen molar-refractivity contribution < 1.29 is 14.3 Å². The summed E-state index contributed by atoms with van der Waals surface area (Å²) in [5.41, 5.74) is 1.86. The molecule has 0 unspecified atom stereocenters. The Morgan fingerprint density at radius 3 is 2.58 bits per heavy atom. The van der Waals surface area contributed by atoms with Gasteiger partial charge in [0.1, 0.15) is 24.7 Å². The third-order valence-electron chi connectivity index (χ3n) is 4.06. The molecule has 1 heterocycles. The summed E-state index contributed by atoms with van der Waals surface area (Å²) in [4.78, 5) is 12.3. The van der Waals surface area contributed by atoms with E-state index in [0.29, 0.717) is 31.1 Å². The fourth-order valence-corrected chi connectivity index (χ4v) is 2.75. The lowest BCUT2D eigenvalue weighted by Crippen LogP contribution is -2.23. The van der Waals surface area contributed by atoms with Crippen molar-refractivity contribution in [3.8, 4) is 11.5 Å². The fourth-order valence-electron chi connectivity index (χ4n) is 2.75. The van der Waals surface area contributed by atoms with Crippen LogP contribution in [0.15, 0.2) is 66.2 Å². The van der Waals surface area contributed by atoms with Gasteiger partial charge in [-0.15, -0.1) is 0 Å². The van der Waals surface area contributed by atoms with Gasteiger partial charge in [0.15, 0.2) is 0 Å². The van der Waals surface area contributed by atoms with Gasteiger partial charge < -0.3 is 20.1 Å². The number of carbonyl (C=O) groups is 1. The highest BCUT2D eigenvalue weighted by Crippen LogP contribution is 2.24. The molecule has 1 amide bonds. The van der Waals surface area contributed by atoms with Crippen LogP contribution in [0.1, 0.15) is 12.8 Å². The molecule has 26 heavy (non-hydrogen) atoms. The van der Waals surface area contributed by atoms with Crippen molar-refractivity contribution in [1.29, 1.82) is 0 Å². The first-order valence-corrected chi connectivity index (χ1v) is 8.89. The van der Waals surface area contributed by atoms with Crippen molar-refractivity contribution >= 4 is 11.6 Å². The smallest absolute Gasteiger partial charge is 0.228 e. The lowest BCUT2D eigenvalue weighted by Gasteiger charge is -2.15. The Morgan fingerprint density at radius 2 is 1.77 bits per heavy atom. The minimum Gasteiger partial charge on any atom is -0.490 e. The van der Waals surface area contributed by atoms with Crippen LogP contribution in [-0.2, 0) is 4.79 Å². The Labute approximate surface area is 154 Å². The van der Waals surface area contributed by atoms with Gasteiger partial charge >= 0.3 is 0 Å². The molecule has 0 fully saturated rings. The molecule has 3 rings (SSSR count). The average Bonchev–Trinajstić information content (AvgIpc) is 2.68. The van der Waals surface area contributed by atoms with Gasteiger partial charge in [0.05, 0.1) is 5.69 Å². The number of benzene rings is 2. The van der Waals surface area contributed by atoms with Crippen molar-refractivity contribution in [2.24, 2.45) is 0 Å². The largest absolute Gasteiger partial charge is 0.490 e. The first kappa shape index (κ1) is 18.0. The van der Waals surface area contributed by atoms with E-state index in [-0.39, 0.29) is 5.91 Å². The molecule has 136 valence electrons. The van der Waals surface area contributed by atoms with Gasteiger partial charge in [0.2, 0.25) is 5.91 Å². The van der Waals surface area contributed by atoms with E-state index in [1.807, 2.05) is 54.6 Å². The number of carbonyl (C=O) groups excluding carboxylic acids is 1. The van der Waals surface area contributed by atoms with E-state index in [2.05, 4.69) is 16.7 Å². The number of para-hydroxylation sites is 3. The first-order chi connectivity index (χ1) is 12.8. The molecule has 0 spiro atoms. The lowest BCUT2D eigenvalue weighted by molar-refractivity contribution is -0.115. The summed E-state index contributed by atoms with van der Waals surface area (Å²) in [5, 5.41) is 6.20. The summed E-state index contributed by atoms with van der Waals surface area (Å²) < 4.78 is 11.4. The Hall–Kier alpha value is -2.79. The van der Waals surface area contributed by atoms with Gasteiger partial charge in [-0.3, -0.25) is 4.79 Å². The molecule has 0 saturated carbocycles. The van der Waals surface area contributed by atoms with Crippen molar-refractivity contribution in [2.75, 3.05) is 31.6 Å². The Balaban J connectivity index is 1.49. The van der Waals surface area contributed by atoms with Crippen LogP contribution in [0.25, 0.3) is 0 Å². The molecule has 0 aliphatic carbocycles. The predicted octanol–water partition coefficient (Wildman–Crippen LogP) is 3.39. The highest BCUT2D eigenvalue weighted by Gasteiger charge is 2.11. The van der Waals surface area contributed by atoms with E-state index in [1.165, 1.54) is 5.57 Å². The zero-order valence-corrected chi connectivity index (χ0v) is 14.7. The maximum atomic E-state index is 12.3. The maximum absolute atomic E-state index is 12.3. The van der Waals surface area contributed by atoms with E-state index in [1.54, 1.807) is 0 Å². The highest BCUT2D eigenvalue weighted by atomic mass is 16.5. The molecule has 5 nitrogen and oxygen atoms in total. The molecule has 2 aromatic rings. The van der Waals surface area contributed by atoms with Crippen LogP contribution in [0.5, 0.6) is 11.5 Å². The first-order valence-electron chi connectivity index (χ1n) is 8.89. The second-order valence-corrected chi connectivity index (χ2v) is 6.05. The molecule has 0 saturated heterocycles. The minimum absolute atomic E-state index is 0.0188. The summed E-state index contributed by atoms with van der Waals surface area (Å²) in [6.07, 6.45) is 3.43. The van der Waals surface area contributed by atoms with Crippen molar-refractivity contribution in [3.05, 3.63) is 66.2 Å². The lowest BCUT2D eigenvalue weighted by atomic mass is 10.1. The second-order valence-electron chi connectivity index (χ2n) is 6.05. The number of hydrogen-bond acceptors (Lipinski definition) is 4. The topological polar surface area (TPSA) is 59.6 Å². The van der Waals surface area contributed by atoms with Gasteiger partial charge in [0.25, 0.3) is 0 Å². The van der Waals surface area contributed by atoms with Crippen molar-refractivity contribution in [2.45, 2.75) is 12.8 Å². The molecule has 5 heteroatoms. The molecule has 2 N–H and O–H groups in total. The SMILES string of the molecule is O=C(CC1=CCNCC1)Nc1ccccc1OCCOc1ccccc1. The molecule has 0 aromatic heterocycles. The quantitative estimate of drug-likeness (QED) is 0.565. The predicted molar refractivity (Wildman–Crippen MR) is 103 cm³/mol. The average molecular weight is 352 g/mol. The zero-order chi connectivity index (χ0) is 18.0. The number of amides is 1. The summed E-state index contributed by atoms with van der Waals surface area (Å²) >= 11 is 0. The van der Waals surface area contributed by atoms with Gasteiger partial charge in [-0.1, -0.05) is 42.0 Å². The van der Waals surface area contributed by atoms with Gasteiger partial charge in [-0.2, -0.15) is 0 Å². The normalized spacial score (nSPS) is 13.6. The highest BCUT2D eigenvalue weighted by molar-refractivity contribution is 5.93. The summed E-state index contributed by atoms with van der Waals surface area (Å²) in [5.74, 6) is 1.44. The van der Waals surface area contributed by atoms with Crippen LogP contribution >= 0.6 is 0 Å². The van der Waals surface area contributed by atoms with Crippen LogP contribution < -0.4 is 20.1 Å². The Morgan fingerprint density at radius 1 is 1.00 bits per heavy atom. The summed E-state index contributed by atoms with van der Waals surface area (Å²) in [6, 6.07) is 17.1. The number of ether oxygens (including phenoxy) is 2. The molecule has 0 radical (unpaired) electrons. The Bertz CT molecular complexity index is 744. The third-order valence-corrected chi connectivity index (χ3v) is 4.06. The van der Waals surface area contributed by atoms with Gasteiger partial charge in [0, 0.05) is 13.0 Å². The van der Waals surface area contributed by atoms with Crippen LogP contribution in [-0.4, -0.2) is 32.2 Å². The van der Waals surface area contributed by atoms with Crippen LogP contribution in [0.4, 0.5) is 5.69 Å². The maximum Gasteiger partial charge on any atom is 0.228 e. The van der Waals surface area contributed by atoms with E-state index in [9.17, 15) is 4.79 Å². The van der Waals surface area contributed by atoms with Gasteiger partial charge in [-0.25, -0.2) is 0 Å². The molecule has 1 aliphatic rings. The van der Waals surface area contributed by atoms with Crippen LogP contribution in [0, 0.1) is 0 Å². The molecular weight excluding hydrogens is 328 g/mol. The summed E-state index contributed by atoms with van der Waals surface area (Å²) in [6.45, 7) is 2.61. The van der Waals surface area contributed by atoms with Crippen molar-refractivity contribution in [3.63, 3.8) is 0 Å². The fraction of sp³-hybridized carbons (Fsp3) is 0.286. The Kier molecular flexibility index (Phi) is 6.67. The molecule has 1 aliphatic heterocycles. The third kappa shape index (κ3) is 5.63. The monoisotopic (exact) mass is 352 g/mol. The van der Waals surface area contributed by atoms with Gasteiger partial charge in [-0.05, 0) is 37.2 Å². The number of anilines is 1. The van der Waals surface area contributed by atoms with E-state index in [0.717, 1.165) is 25.3 Å². The zero-order valence-electron chi connectivity index (χ0n) is 14.7. The van der Waals surface area contributed by atoms with E-state index in [4.69, 9.17) is 9.47 Å². The number of rotatable bonds is 8.